The Hall–Kier alpha value is -2.47. The SMILES string of the molecule is CCC(Oc1ccc2c(c1)C(c1ccccc1)N(C(=O)C1CCCC1)CC2)C(=O)N1CCSCC1. The zero-order valence-electron chi connectivity index (χ0n) is 20.7. The summed E-state index contributed by atoms with van der Waals surface area (Å²) in [4.78, 5) is 30.8. The molecule has 0 aromatic heterocycles. The Morgan fingerprint density at radius 2 is 1.77 bits per heavy atom. The minimum atomic E-state index is -0.480. The van der Waals surface area contributed by atoms with Crippen LogP contribution in [0.25, 0.3) is 0 Å². The van der Waals surface area contributed by atoms with Crippen LogP contribution in [0.4, 0.5) is 0 Å². The van der Waals surface area contributed by atoms with E-state index in [0.717, 1.165) is 74.4 Å². The maximum Gasteiger partial charge on any atom is 0.263 e. The monoisotopic (exact) mass is 492 g/mol. The molecule has 2 fully saturated rings. The summed E-state index contributed by atoms with van der Waals surface area (Å²) in [6.07, 6.45) is 5.30. The maximum atomic E-state index is 13.6. The molecule has 3 aliphatic rings. The smallest absolute Gasteiger partial charge is 0.263 e. The van der Waals surface area contributed by atoms with Gasteiger partial charge in [-0.1, -0.05) is 56.2 Å². The van der Waals surface area contributed by atoms with Crippen LogP contribution >= 0.6 is 11.8 Å². The van der Waals surface area contributed by atoms with Crippen LogP contribution in [-0.2, 0) is 16.0 Å². The average Bonchev–Trinajstić information content (AvgIpc) is 3.46. The fourth-order valence-electron chi connectivity index (χ4n) is 5.77. The second kappa shape index (κ2) is 11.1. The first-order valence-corrected chi connectivity index (χ1v) is 14.3. The molecule has 2 aromatic carbocycles. The molecule has 0 radical (unpaired) electrons. The van der Waals surface area contributed by atoms with E-state index in [-0.39, 0.29) is 23.8 Å². The molecule has 6 heteroatoms. The van der Waals surface area contributed by atoms with Gasteiger partial charge in [0.25, 0.3) is 5.91 Å². The molecule has 1 saturated carbocycles. The number of fused-ring (bicyclic) bond motifs is 1. The summed E-state index contributed by atoms with van der Waals surface area (Å²) in [6.45, 7) is 4.34. The average molecular weight is 493 g/mol. The highest BCUT2D eigenvalue weighted by Crippen LogP contribution is 2.39. The van der Waals surface area contributed by atoms with Gasteiger partial charge in [-0.05, 0) is 54.5 Å². The van der Waals surface area contributed by atoms with Crippen molar-refractivity contribution >= 4 is 23.6 Å². The highest BCUT2D eigenvalue weighted by atomic mass is 32.2. The van der Waals surface area contributed by atoms with Gasteiger partial charge in [0.15, 0.2) is 6.10 Å². The quantitative estimate of drug-likeness (QED) is 0.564. The fraction of sp³-hybridized carbons (Fsp3) is 0.517. The van der Waals surface area contributed by atoms with E-state index >= 15 is 0 Å². The van der Waals surface area contributed by atoms with Crippen molar-refractivity contribution in [3.05, 3.63) is 65.2 Å². The number of hydrogen-bond acceptors (Lipinski definition) is 4. The summed E-state index contributed by atoms with van der Waals surface area (Å²) in [5, 5.41) is 0. The molecule has 0 N–H and O–H groups in total. The lowest BCUT2D eigenvalue weighted by Gasteiger charge is -2.39. The van der Waals surface area contributed by atoms with Gasteiger partial charge in [0, 0.05) is 37.1 Å². The summed E-state index contributed by atoms with van der Waals surface area (Å²) in [6, 6.07) is 16.4. The van der Waals surface area contributed by atoms with Crippen molar-refractivity contribution in [2.24, 2.45) is 5.92 Å². The molecule has 186 valence electrons. The van der Waals surface area contributed by atoms with E-state index in [1.165, 1.54) is 5.56 Å². The molecule has 35 heavy (non-hydrogen) atoms. The highest BCUT2D eigenvalue weighted by Gasteiger charge is 2.36. The third-order valence-corrected chi connectivity index (χ3v) is 8.64. The van der Waals surface area contributed by atoms with Crippen LogP contribution in [0, 0.1) is 5.92 Å². The largest absolute Gasteiger partial charge is 0.481 e. The summed E-state index contributed by atoms with van der Waals surface area (Å²) in [5.41, 5.74) is 3.52. The number of rotatable bonds is 6. The van der Waals surface area contributed by atoms with Gasteiger partial charge in [0.1, 0.15) is 5.75 Å². The van der Waals surface area contributed by atoms with Crippen molar-refractivity contribution < 1.29 is 14.3 Å². The summed E-state index contributed by atoms with van der Waals surface area (Å²) in [5.74, 6) is 3.22. The van der Waals surface area contributed by atoms with Crippen LogP contribution in [0.2, 0.25) is 0 Å². The molecule has 0 bridgehead atoms. The minimum absolute atomic E-state index is 0.0863. The first kappa shape index (κ1) is 24.2. The van der Waals surface area contributed by atoms with Crippen molar-refractivity contribution in [1.29, 1.82) is 0 Å². The van der Waals surface area contributed by atoms with Crippen LogP contribution in [0.5, 0.6) is 5.75 Å². The zero-order chi connectivity index (χ0) is 24.2. The van der Waals surface area contributed by atoms with Crippen molar-refractivity contribution in [3.63, 3.8) is 0 Å². The molecule has 2 aliphatic heterocycles. The van der Waals surface area contributed by atoms with E-state index in [0.29, 0.717) is 12.2 Å². The van der Waals surface area contributed by atoms with Crippen molar-refractivity contribution in [3.8, 4) is 5.75 Å². The van der Waals surface area contributed by atoms with Gasteiger partial charge in [-0.3, -0.25) is 9.59 Å². The Morgan fingerprint density at radius 3 is 2.49 bits per heavy atom. The van der Waals surface area contributed by atoms with Crippen LogP contribution in [-0.4, -0.2) is 58.9 Å². The molecular weight excluding hydrogens is 456 g/mol. The minimum Gasteiger partial charge on any atom is -0.481 e. The Kier molecular flexibility index (Phi) is 7.66. The lowest BCUT2D eigenvalue weighted by atomic mass is 9.87. The van der Waals surface area contributed by atoms with Crippen LogP contribution in [0.1, 0.15) is 61.8 Å². The standard InChI is InChI=1S/C29H36N2O3S/c1-2-26(29(33)30-16-18-35-19-17-30)34-24-13-12-21-14-15-31(28(32)23-10-6-7-11-23)27(25(21)20-24)22-8-4-3-5-9-22/h3-5,8-9,12-13,20,23,26-27H,2,6-7,10-11,14-19H2,1H3. The Bertz CT molecular complexity index is 1030. The van der Waals surface area contributed by atoms with Crippen LogP contribution in [0.15, 0.2) is 48.5 Å². The number of amides is 2. The van der Waals surface area contributed by atoms with Gasteiger partial charge in [-0.15, -0.1) is 0 Å². The Labute approximate surface area is 213 Å². The number of ether oxygens (including phenoxy) is 1. The number of carbonyl (C=O) groups is 2. The van der Waals surface area contributed by atoms with Crippen molar-refractivity contribution in [2.45, 2.75) is 57.6 Å². The molecule has 5 rings (SSSR count). The normalized spacial score (nSPS) is 21.5. The third-order valence-electron chi connectivity index (χ3n) is 7.70. The topological polar surface area (TPSA) is 49.9 Å². The molecule has 0 spiro atoms. The summed E-state index contributed by atoms with van der Waals surface area (Å²) < 4.78 is 6.32. The number of thioether (sulfide) groups is 1. The molecule has 2 aromatic rings. The number of benzene rings is 2. The number of carbonyl (C=O) groups excluding carboxylic acids is 2. The van der Waals surface area contributed by atoms with Gasteiger partial charge in [0.05, 0.1) is 6.04 Å². The lowest BCUT2D eigenvalue weighted by Crippen LogP contribution is -2.45. The zero-order valence-corrected chi connectivity index (χ0v) is 21.5. The molecular formula is C29H36N2O3S. The van der Waals surface area contributed by atoms with Gasteiger partial charge < -0.3 is 14.5 Å². The molecule has 1 aliphatic carbocycles. The van der Waals surface area contributed by atoms with Crippen molar-refractivity contribution in [2.75, 3.05) is 31.1 Å². The van der Waals surface area contributed by atoms with E-state index in [1.807, 2.05) is 47.9 Å². The molecule has 2 atom stereocenters. The molecule has 2 amide bonds. The van der Waals surface area contributed by atoms with E-state index in [4.69, 9.17) is 4.74 Å². The van der Waals surface area contributed by atoms with Gasteiger partial charge >= 0.3 is 0 Å². The second-order valence-corrected chi connectivity index (χ2v) is 11.1. The predicted octanol–water partition coefficient (Wildman–Crippen LogP) is 5.08. The lowest BCUT2D eigenvalue weighted by molar-refractivity contribution is -0.138. The van der Waals surface area contributed by atoms with Crippen LogP contribution in [0.3, 0.4) is 0 Å². The van der Waals surface area contributed by atoms with Crippen LogP contribution < -0.4 is 4.74 Å². The second-order valence-electron chi connectivity index (χ2n) is 9.89. The molecule has 2 unspecified atom stereocenters. The fourth-order valence-corrected chi connectivity index (χ4v) is 6.67. The molecule has 1 saturated heterocycles. The Morgan fingerprint density at radius 1 is 1.03 bits per heavy atom. The first-order chi connectivity index (χ1) is 17.2. The van der Waals surface area contributed by atoms with Crippen molar-refractivity contribution in [1.82, 2.24) is 9.80 Å². The predicted molar refractivity (Wildman–Crippen MR) is 141 cm³/mol. The van der Waals surface area contributed by atoms with Gasteiger partial charge in [0.2, 0.25) is 5.91 Å². The van der Waals surface area contributed by atoms with E-state index in [2.05, 4.69) is 29.2 Å². The van der Waals surface area contributed by atoms with E-state index in [9.17, 15) is 9.59 Å². The van der Waals surface area contributed by atoms with Gasteiger partial charge in [-0.2, -0.15) is 11.8 Å². The third kappa shape index (κ3) is 5.23. The van der Waals surface area contributed by atoms with Gasteiger partial charge in [-0.25, -0.2) is 0 Å². The maximum absolute atomic E-state index is 13.6. The molecule has 5 nitrogen and oxygen atoms in total. The summed E-state index contributed by atoms with van der Waals surface area (Å²) in [7, 11) is 0. The molecule has 2 heterocycles. The summed E-state index contributed by atoms with van der Waals surface area (Å²) >= 11 is 1.90. The number of hydrogen-bond donors (Lipinski definition) is 0. The highest BCUT2D eigenvalue weighted by molar-refractivity contribution is 7.99. The first-order valence-electron chi connectivity index (χ1n) is 13.2. The number of nitrogens with zero attached hydrogens (tertiary/aromatic N) is 2. The van der Waals surface area contributed by atoms with E-state index in [1.54, 1.807) is 0 Å². The Balaban J connectivity index is 1.44. The van der Waals surface area contributed by atoms with E-state index < -0.39 is 6.10 Å².